The molecule has 1 aliphatic carbocycles. The van der Waals surface area contributed by atoms with Crippen molar-refractivity contribution in [3.8, 4) is 0 Å². The molecule has 0 radical (unpaired) electrons. The van der Waals surface area contributed by atoms with Crippen LogP contribution in [0.15, 0.2) is 22.7 Å². The van der Waals surface area contributed by atoms with Gasteiger partial charge in [-0.25, -0.2) is 0 Å². The Bertz CT molecular complexity index is 659. The fraction of sp³-hybridized carbons (Fsp3) is 0.529. The third kappa shape index (κ3) is 1.79. The maximum atomic E-state index is 3.64. The highest BCUT2D eigenvalue weighted by Gasteiger charge is 2.34. The van der Waals surface area contributed by atoms with Crippen LogP contribution in [-0.4, -0.2) is 22.6 Å². The monoisotopic (exact) mass is 332 g/mol. The summed E-state index contributed by atoms with van der Waals surface area (Å²) < 4.78 is 3.81. The second-order valence-corrected chi connectivity index (χ2v) is 7.04. The van der Waals surface area contributed by atoms with E-state index >= 15 is 0 Å². The molecule has 2 aromatic rings. The Morgan fingerprint density at radius 1 is 1.30 bits per heavy atom. The number of rotatable bonds is 2. The third-order valence-electron chi connectivity index (χ3n) is 4.96. The van der Waals surface area contributed by atoms with E-state index in [0.717, 1.165) is 6.54 Å². The third-order valence-corrected chi connectivity index (χ3v) is 5.45. The van der Waals surface area contributed by atoms with Crippen LogP contribution in [-0.2, 0) is 13.0 Å². The van der Waals surface area contributed by atoms with Crippen LogP contribution in [0, 0.1) is 0 Å². The minimum atomic E-state index is 0.665. The lowest BCUT2D eigenvalue weighted by atomic mass is 9.89. The molecule has 1 aromatic heterocycles. The normalized spacial score (nSPS) is 22.2. The van der Waals surface area contributed by atoms with Crippen molar-refractivity contribution in [2.45, 2.75) is 45.2 Å². The van der Waals surface area contributed by atoms with Gasteiger partial charge in [0.15, 0.2) is 0 Å². The lowest BCUT2D eigenvalue weighted by Gasteiger charge is -2.39. The molecule has 3 heteroatoms. The van der Waals surface area contributed by atoms with Gasteiger partial charge in [-0.15, -0.1) is 0 Å². The maximum Gasteiger partial charge on any atom is 0.0504 e. The Morgan fingerprint density at radius 2 is 2.20 bits per heavy atom. The zero-order chi connectivity index (χ0) is 13.7. The molecule has 0 fully saturated rings. The summed E-state index contributed by atoms with van der Waals surface area (Å²) in [6, 6.07) is 7.47. The van der Waals surface area contributed by atoms with Crippen LogP contribution in [0.1, 0.15) is 43.5 Å². The topological polar surface area (TPSA) is 8.17 Å². The van der Waals surface area contributed by atoms with Crippen LogP contribution in [0.3, 0.4) is 0 Å². The van der Waals surface area contributed by atoms with Gasteiger partial charge in [0.05, 0.1) is 6.04 Å². The van der Waals surface area contributed by atoms with Crippen LogP contribution < -0.4 is 0 Å². The number of hydrogen-bond acceptors (Lipinski definition) is 1. The van der Waals surface area contributed by atoms with E-state index in [1.165, 1.54) is 54.1 Å². The molecule has 2 nitrogen and oxygen atoms in total. The SMILES string of the molecule is CCCN1CCn2c3c(c4cc(Br)ccc42)CCC[C@@H]31. The van der Waals surface area contributed by atoms with Crippen molar-refractivity contribution in [1.82, 2.24) is 9.47 Å². The van der Waals surface area contributed by atoms with Crippen LogP contribution in [0.4, 0.5) is 0 Å². The highest BCUT2D eigenvalue weighted by Crippen LogP contribution is 2.42. The first-order chi connectivity index (χ1) is 9.79. The van der Waals surface area contributed by atoms with E-state index in [9.17, 15) is 0 Å². The van der Waals surface area contributed by atoms with E-state index in [4.69, 9.17) is 0 Å². The number of fused-ring (bicyclic) bond motifs is 3. The standard InChI is InChI=1S/C17H21BrN2/c1-2-8-19-9-10-20-15-7-6-12(18)11-14(15)13-4-3-5-16(19)17(13)20/h6-7,11,16H,2-5,8-10H2,1H3/t16-/m0/s1. The van der Waals surface area contributed by atoms with Gasteiger partial charge in [0.25, 0.3) is 0 Å². The zero-order valence-electron chi connectivity index (χ0n) is 12.0. The summed E-state index contributed by atoms with van der Waals surface area (Å²) in [5, 5.41) is 1.48. The molecule has 0 unspecified atom stereocenters. The summed E-state index contributed by atoms with van der Waals surface area (Å²) in [7, 11) is 0. The lowest BCUT2D eigenvalue weighted by Crippen LogP contribution is -2.40. The number of halogens is 1. The van der Waals surface area contributed by atoms with Crippen molar-refractivity contribution in [1.29, 1.82) is 0 Å². The van der Waals surface area contributed by atoms with Gasteiger partial charge in [0.1, 0.15) is 0 Å². The predicted octanol–water partition coefficient (Wildman–Crippen LogP) is 4.51. The molecule has 20 heavy (non-hydrogen) atoms. The molecule has 1 aromatic carbocycles. The van der Waals surface area contributed by atoms with Crippen molar-refractivity contribution < 1.29 is 0 Å². The van der Waals surface area contributed by atoms with Crippen LogP contribution in [0.25, 0.3) is 10.9 Å². The van der Waals surface area contributed by atoms with Crippen LogP contribution in [0.2, 0.25) is 0 Å². The lowest BCUT2D eigenvalue weighted by molar-refractivity contribution is 0.141. The molecule has 2 aliphatic rings. The van der Waals surface area contributed by atoms with Crippen molar-refractivity contribution in [3.63, 3.8) is 0 Å². The van der Waals surface area contributed by atoms with E-state index in [0.29, 0.717) is 6.04 Å². The Kier molecular flexibility index (Phi) is 3.15. The summed E-state index contributed by atoms with van der Waals surface area (Å²) >= 11 is 3.64. The summed E-state index contributed by atoms with van der Waals surface area (Å²) in [5.74, 6) is 0. The zero-order valence-corrected chi connectivity index (χ0v) is 13.6. The van der Waals surface area contributed by atoms with Gasteiger partial charge < -0.3 is 4.57 Å². The smallest absolute Gasteiger partial charge is 0.0504 e. The highest BCUT2D eigenvalue weighted by atomic mass is 79.9. The van der Waals surface area contributed by atoms with Gasteiger partial charge in [-0.05, 0) is 56.0 Å². The first kappa shape index (κ1) is 12.9. The van der Waals surface area contributed by atoms with Crippen molar-refractivity contribution in [3.05, 3.63) is 33.9 Å². The first-order valence-electron chi connectivity index (χ1n) is 7.84. The molecule has 0 amide bonds. The van der Waals surface area contributed by atoms with Crippen LogP contribution >= 0.6 is 15.9 Å². The Labute approximate surface area is 128 Å². The molecule has 2 heterocycles. The van der Waals surface area contributed by atoms with E-state index in [1.54, 1.807) is 11.3 Å². The van der Waals surface area contributed by atoms with E-state index in [2.05, 4.69) is 50.5 Å². The number of nitrogens with zero attached hydrogens (tertiary/aromatic N) is 2. The molecular weight excluding hydrogens is 312 g/mol. The summed E-state index contributed by atoms with van der Waals surface area (Å²) in [6.07, 6.45) is 5.19. The van der Waals surface area contributed by atoms with E-state index < -0.39 is 0 Å². The van der Waals surface area contributed by atoms with Gasteiger partial charge in [0, 0.05) is 34.2 Å². The van der Waals surface area contributed by atoms with Crippen molar-refractivity contribution in [2.75, 3.05) is 13.1 Å². The predicted molar refractivity (Wildman–Crippen MR) is 87.2 cm³/mol. The highest BCUT2D eigenvalue weighted by molar-refractivity contribution is 9.10. The summed E-state index contributed by atoms with van der Waals surface area (Å²) in [6.45, 7) is 5.91. The fourth-order valence-electron chi connectivity index (χ4n) is 4.20. The molecular formula is C17H21BrN2. The average molecular weight is 333 g/mol. The average Bonchev–Trinajstić information content (AvgIpc) is 2.78. The Balaban J connectivity index is 1.93. The summed E-state index contributed by atoms with van der Waals surface area (Å²) in [4.78, 5) is 2.71. The second-order valence-electron chi connectivity index (χ2n) is 6.12. The Morgan fingerprint density at radius 3 is 3.05 bits per heavy atom. The van der Waals surface area contributed by atoms with Gasteiger partial charge in [0.2, 0.25) is 0 Å². The van der Waals surface area contributed by atoms with E-state index in [-0.39, 0.29) is 0 Å². The van der Waals surface area contributed by atoms with Gasteiger partial charge in [-0.3, -0.25) is 4.90 Å². The fourth-order valence-corrected chi connectivity index (χ4v) is 4.57. The minimum absolute atomic E-state index is 0.665. The molecule has 106 valence electrons. The van der Waals surface area contributed by atoms with Crippen LogP contribution in [0.5, 0.6) is 0 Å². The van der Waals surface area contributed by atoms with Gasteiger partial charge >= 0.3 is 0 Å². The number of aromatic nitrogens is 1. The maximum absolute atomic E-state index is 3.64. The minimum Gasteiger partial charge on any atom is -0.342 e. The molecule has 4 rings (SSSR count). The Hall–Kier alpha value is -0.800. The molecule has 0 bridgehead atoms. The van der Waals surface area contributed by atoms with Crippen molar-refractivity contribution in [2.24, 2.45) is 0 Å². The first-order valence-corrected chi connectivity index (χ1v) is 8.63. The molecule has 1 aliphatic heterocycles. The van der Waals surface area contributed by atoms with Crippen molar-refractivity contribution >= 4 is 26.8 Å². The number of hydrogen-bond donors (Lipinski definition) is 0. The number of benzene rings is 1. The molecule has 0 saturated heterocycles. The molecule has 0 spiro atoms. The molecule has 0 N–H and O–H groups in total. The number of aryl methyl sites for hydroxylation is 1. The largest absolute Gasteiger partial charge is 0.342 e. The molecule has 0 saturated carbocycles. The molecule has 1 atom stereocenters. The van der Waals surface area contributed by atoms with Gasteiger partial charge in [-0.1, -0.05) is 22.9 Å². The summed E-state index contributed by atoms with van der Waals surface area (Å²) in [5.41, 5.74) is 4.70. The van der Waals surface area contributed by atoms with E-state index in [1.807, 2.05) is 0 Å². The second kappa shape index (κ2) is 4.88. The quantitative estimate of drug-likeness (QED) is 0.785. The van der Waals surface area contributed by atoms with Gasteiger partial charge in [-0.2, -0.15) is 0 Å².